The Hall–Kier alpha value is -0.610. The lowest BCUT2D eigenvalue weighted by Gasteiger charge is -2.38. The molecule has 15 heavy (non-hydrogen) atoms. The third-order valence-electron chi connectivity index (χ3n) is 3.73. The molecule has 0 saturated carbocycles. The Morgan fingerprint density at radius 2 is 2.07 bits per heavy atom. The average Bonchev–Trinajstić information content (AvgIpc) is 2.28. The fourth-order valence-corrected chi connectivity index (χ4v) is 2.00. The normalized spacial score (nSPS) is 21.3. The first-order chi connectivity index (χ1) is 7.09. The van der Waals surface area contributed by atoms with Gasteiger partial charge in [-0.3, -0.25) is 10.2 Å². The number of hydrazine groups is 1. The molecule has 1 saturated heterocycles. The first-order valence-electron chi connectivity index (χ1n) is 5.81. The van der Waals surface area contributed by atoms with Crippen molar-refractivity contribution in [2.24, 2.45) is 11.3 Å². The van der Waals surface area contributed by atoms with Crippen molar-refractivity contribution in [2.75, 3.05) is 19.6 Å². The highest BCUT2D eigenvalue weighted by Gasteiger charge is 2.27. The van der Waals surface area contributed by atoms with E-state index in [1.807, 2.05) is 0 Å². The number of hydrogen-bond donors (Lipinski definition) is 2. The monoisotopic (exact) mass is 213 g/mol. The second kappa shape index (κ2) is 5.47. The molecule has 0 unspecified atom stereocenters. The van der Waals surface area contributed by atoms with Crippen LogP contribution in [0.5, 0.6) is 0 Å². The molecule has 1 aliphatic heterocycles. The molecule has 0 aliphatic carbocycles. The van der Waals surface area contributed by atoms with Crippen molar-refractivity contribution in [1.82, 2.24) is 10.3 Å². The van der Waals surface area contributed by atoms with Gasteiger partial charge in [-0.1, -0.05) is 20.3 Å². The minimum Gasteiger partial charge on any atom is -0.303 e. The van der Waals surface area contributed by atoms with Crippen LogP contribution in [0.2, 0.25) is 0 Å². The highest BCUT2D eigenvalue weighted by molar-refractivity contribution is 5.75. The number of likely N-dealkylation sites (tertiary alicyclic amines) is 1. The molecule has 0 atom stereocenters. The summed E-state index contributed by atoms with van der Waals surface area (Å²) >= 11 is 0. The van der Waals surface area contributed by atoms with Crippen LogP contribution >= 0.6 is 0 Å². The van der Waals surface area contributed by atoms with E-state index in [0.717, 1.165) is 19.6 Å². The molecule has 0 aromatic carbocycles. The number of nitrogens with two attached hydrogens (primary N) is 1. The SMILES string of the molecule is CCC1(C)CCN(CCC(=O)NN)CC1. The van der Waals surface area contributed by atoms with Crippen LogP contribution in [0.25, 0.3) is 0 Å². The first-order valence-corrected chi connectivity index (χ1v) is 5.81. The summed E-state index contributed by atoms with van der Waals surface area (Å²) < 4.78 is 0. The Morgan fingerprint density at radius 1 is 1.47 bits per heavy atom. The van der Waals surface area contributed by atoms with Crippen molar-refractivity contribution in [1.29, 1.82) is 0 Å². The van der Waals surface area contributed by atoms with E-state index in [4.69, 9.17) is 5.84 Å². The summed E-state index contributed by atoms with van der Waals surface area (Å²) in [6.45, 7) is 7.68. The quantitative estimate of drug-likeness (QED) is 0.414. The standard InChI is InChI=1S/C11H23N3O/c1-3-11(2)5-8-14(9-6-11)7-4-10(15)13-12/h3-9,12H2,1-2H3,(H,13,15). The van der Waals surface area contributed by atoms with Gasteiger partial charge in [0.2, 0.25) is 5.91 Å². The predicted molar refractivity (Wildman–Crippen MR) is 61.0 cm³/mol. The number of nitrogens with one attached hydrogen (secondary N) is 1. The first kappa shape index (κ1) is 12.5. The van der Waals surface area contributed by atoms with Crippen molar-refractivity contribution in [3.05, 3.63) is 0 Å². The number of hydrogen-bond acceptors (Lipinski definition) is 3. The van der Waals surface area contributed by atoms with Gasteiger partial charge in [0, 0.05) is 13.0 Å². The number of carbonyl (C=O) groups is 1. The second-order valence-electron chi connectivity index (χ2n) is 4.82. The molecule has 1 rings (SSSR count). The molecule has 1 heterocycles. The van der Waals surface area contributed by atoms with Crippen LogP contribution in [-0.4, -0.2) is 30.4 Å². The summed E-state index contributed by atoms with van der Waals surface area (Å²) in [4.78, 5) is 13.3. The highest BCUT2D eigenvalue weighted by Crippen LogP contribution is 2.33. The van der Waals surface area contributed by atoms with Crippen molar-refractivity contribution in [3.63, 3.8) is 0 Å². The highest BCUT2D eigenvalue weighted by atomic mass is 16.2. The largest absolute Gasteiger partial charge is 0.303 e. The third kappa shape index (κ3) is 3.80. The van der Waals surface area contributed by atoms with Gasteiger partial charge in [0.05, 0.1) is 0 Å². The van der Waals surface area contributed by atoms with E-state index in [0.29, 0.717) is 11.8 Å². The lowest BCUT2D eigenvalue weighted by atomic mass is 9.78. The van der Waals surface area contributed by atoms with E-state index < -0.39 is 0 Å². The number of nitrogens with zero attached hydrogens (tertiary/aromatic N) is 1. The predicted octanol–water partition coefficient (Wildman–Crippen LogP) is 0.879. The third-order valence-corrected chi connectivity index (χ3v) is 3.73. The van der Waals surface area contributed by atoms with E-state index in [2.05, 4.69) is 24.2 Å². The van der Waals surface area contributed by atoms with E-state index in [-0.39, 0.29) is 5.91 Å². The van der Waals surface area contributed by atoms with Gasteiger partial charge in [0.25, 0.3) is 0 Å². The zero-order chi connectivity index (χ0) is 11.3. The van der Waals surface area contributed by atoms with Gasteiger partial charge in [-0.15, -0.1) is 0 Å². The lowest BCUT2D eigenvalue weighted by Crippen LogP contribution is -2.40. The fourth-order valence-electron chi connectivity index (χ4n) is 2.00. The summed E-state index contributed by atoms with van der Waals surface area (Å²) in [7, 11) is 0. The van der Waals surface area contributed by atoms with Crippen LogP contribution in [0, 0.1) is 5.41 Å². The lowest BCUT2D eigenvalue weighted by molar-refractivity contribution is -0.121. The van der Waals surface area contributed by atoms with Crippen LogP contribution in [0.3, 0.4) is 0 Å². The average molecular weight is 213 g/mol. The summed E-state index contributed by atoms with van der Waals surface area (Å²) in [5.74, 6) is 4.96. The van der Waals surface area contributed by atoms with Crippen LogP contribution in [0.4, 0.5) is 0 Å². The maximum atomic E-state index is 11.0. The Morgan fingerprint density at radius 3 is 2.53 bits per heavy atom. The van der Waals surface area contributed by atoms with Gasteiger partial charge >= 0.3 is 0 Å². The van der Waals surface area contributed by atoms with Gasteiger partial charge in [-0.25, -0.2) is 5.84 Å². The van der Waals surface area contributed by atoms with Crippen LogP contribution in [-0.2, 0) is 4.79 Å². The Balaban J connectivity index is 2.23. The Labute approximate surface area is 92.2 Å². The Bertz CT molecular complexity index is 210. The van der Waals surface area contributed by atoms with Gasteiger partial charge < -0.3 is 4.90 Å². The van der Waals surface area contributed by atoms with E-state index in [1.54, 1.807) is 0 Å². The van der Waals surface area contributed by atoms with E-state index in [9.17, 15) is 4.79 Å². The minimum absolute atomic E-state index is 0.0705. The Kier molecular flexibility index (Phi) is 4.54. The molecule has 1 fully saturated rings. The van der Waals surface area contributed by atoms with E-state index >= 15 is 0 Å². The van der Waals surface area contributed by atoms with Crippen LogP contribution in [0.1, 0.15) is 39.5 Å². The maximum Gasteiger partial charge on any atom is 0.235 e. The molecule has 4 nitrogen and oxygen atoms in total. The zero-order valence-electron chi connectivity index (χ0n) is 9.88. The van der Waals surface area contributed by atoms with Crippen LogP contribution < -0.4 is 11.3 Å². The molecule has 0 radical (unpaired) electrons. The number of carbonyl (C=O) groups excluding carboxylic acids is 1. The maximum absolute atomic E-state index is 11.0. The van der Waals surface area contributed by atoms with Gasteiger partial charge in [0.15, 0.2) is 0 Å². The summed E-state index contributed by atoms with van der Waals surface area (Å²) in [5.41, 5.74) is 2.69. The molecule has 0 aromatic heterocycles. The zero-order valence-corrected chi connectivity index (χ0v) is 9.88. The van der Waals surface area contributed by atoms with Crippen molar-refractivity contribution >= 4 is 5.91 Å². The van der Waals surface area contributed by atoms with Gasteiger partial charge in [0.1, 0.15) is 0 Å². The number of amides is 1. The molecule has 0 bridgehead atoms. The van der Waals surface area contributed by atoms with Crippen molar-refractivity contribution in [3.8, 4) is 0 Å². The number of piperidine rings is 1. The molecule has 3 N–H and O–H groups in total. The number of rotatable bonds is 4. The fraction of sp³-hybridized carbons (Fsp3) is 0.909. The molecule has 0 spiro atoms. The molecule has 4 heteroatoms. The van der Waals surface area contributed by atoms with Gasteiger partial charge in [-0.05, 0) is 31.3 Å². The molecule has 0 aromatic rings. The molecule has 1 amide bonds. The summed E-state index contributed by atoms with van der Waals surface area (Å²) in [6, 6.07) is 0. The second-order valence-corrected chi connectivity index (χ2v) is 4.82. The van der Waals surface area contributed by atoms with E-state index in [1.165, 1.54) is 19.3 Å². The molecular formula is C11H23N3O. The molecule has 88 valence electrons. The minimum atomic E-state index is -0.0705. The summed E-state index contributed by atoms with van der Waals surface area (Å²) in [6.07, 6.45) is 4.25. The van der Waals surface area contributed by atoms with Crippen molar-refractivity contribution in [2.45, 2.75) is 39.5 Å². The molecular weight excluding hydrogens is 190 g/mol. The molecule has 1 aliphatic rings. The smallest absolute Gasteiger partial charge is 0.235 e. The summed E-state index contributed by atoms with van der Waals surface area (Å²) in [5, 5.41) is 0. The van der Waals surface area contributed by atoms with Gasteiger partial charge in [-0.2, -0.15) is 0 Å². The van der Waals surface area contributed by atoms with Crippen LogP contribution in [0.15, 0.2) is 0 Å². The topological polar surface area (TPSA) is 58.4 Å². The van der Waals surface area contributed by atoms with Crippen molar-refractivity contribution < 1.29 is 4.79 Å².